The Morgan fingerprint density at radius 1 is 1.32 bits per heavy atom. The molecule has 0 aromatic carbocycles. The minimum atomic E-state index is 0.328. The maximum Gasteiger partial charge on any atom is 0.118 e. The Balaban J connectivity index is 2.59. The van der Waals surface area contributed by atoms with E-state index in [9.17, 15) is 0 Å². The van der Waals surface area contributed by atoms with Crippen molar-refractivity contribution in [2.24, 2.45) is 5.41 Å². The first-order valence-electron chi connectivity index (χ1n) is 7.17. The van der Waals surface area contributed by atoms with Gasteiger partial charge in [-0.15, -0.1) is 0 Å². The number of furan rings is 1. The van der Waals surface area contributed by atoms with Gasteiger partial charge in [-0.2, -0.15) is 0 Å². The van der Waals surface area contributed by atoms with E-state index in [1.165, 1.54) is 5.56 Å². The van der Waals surface area contributed by atoms with Crippen LogP contribution in [0.4, 0.5) is 0 Å². The van der Waals surface area contributed by atoms with Crippen molar-refractivity contribution in [1.29, 1.82) is 0 Å². The van der Waals surface area contributed by atoms with Crippen LogP contribution < -0.4 is 5.32 Å². The Bertz CT molecular complexity index is 388. The van der Waals surface area contributed by atoms with Crippen molar-refractivity contribution in [2.45, 2.75) is 60.7 Å². The van der Waals surface area contributed by atoms with Crippen molar-refractivity contribution in [3.05, 3.63) is 23.2 Å². The second-order valence-corrected chi connectivity index (χ2v) is 7.06. The lowest BCUT2D eigenvalue weighted by molar-refractivity contribution is 0.220. The molecule has 0 atom stereocenters. The third kappa shape index (κ3) is 6.26. The highest BCUT2D eigenvalue weighted by Crippen LogP contribution is 2.19. The first-order chi connectivity index (χ1) is 8.67. The van der Waals surface area contributed by atoms with Gasteiger partial charge < -0.3 is 14.6 Å². The number of hydrogen-bond acceptors (Lipinski definition) is 3. The second kappa shape index (κ2) is 6.58. The smallest absolute Gasteiger partial charge is 0.118 e. The summed E-state index contributed by atoms with van der Waals surface area (Å²) in [5.74, 6) is 2.08. The van der Waals surface area contributed by atoms with Crippen LogP contribution in [0.1, 0.15) is 51.7 Å². The van der Waals surface area contributed by atoms with Crippen molar-refractivity contribution in [1.82, 2.24) is 10.2 Å². The number of nitrogens with one attached hydrogen (secondary N) is 1. The minimum absolute atomic E-state index is 0.328. The Kier molecular flexibility index (Phi) is 5.63. The van der Waals surface area contributed by atoms with Crippen LogP contribution in [-0.4, -0.2) is 24.5 Å². The third-order valence-corrected chi connectivity index (χ3v) is 2.94. The summed E-state index contributed by atoms with van der Waals surface area (Å²) in [6, 6.07) is 2.67. The van der Waals surface area contributed by atoms with E-state index >= 15 is 0 Å². The molecule has 19 heavy (non-hydrogen) atoms. The van der Waals surface area contributed by atoms with E-state index in [4.69, 9.17) is 4.42 Å². The van der Waals surface area contributed by atoms with E-state index in [2.05, 4.69) is 64.9 Å². The highest BCUT2D eigenvalue weighted by atomic mass is 16.3. The molecule has 1 aromatic heterocycles. The first kappa shape index (κ1) is 16.3. The van der Waals surface area contributed by atoms with Crippen LogP contribution in [0, 0.1) is 12.3 Å². The van der Waals surface area contributed by atoms with Crippen molar-refractivity contribution < 1.29 is 4.42 Å². The fourth-order valence-corrected chi connectivity index (χ4v) is 2.29. The van der Waals surface area contributed by atoms with E-state index in [0.717, 1.165) is 31.2 Å². The van der Waals surface area contributed by atoms with Gasteiger partial charge in [-0.1, -0.05) is 34.6 Å². The number of hydrogen-bond donors (Lipinski definition) is 1. The SMILES string of the molecule is Cc1oc(CNC(C)C)cc1CN(C)CC(C)(C)C. The summed E-state index contributed by atoms with van der Waals surface area (Å²) in [5, 5.41) is 3.39. The van der Waals surface area contributed by atoms with E-state index in [1.807, 2.05) is 0 Å². The van der Waals surface area contributed by atoms with Gasteiger partial charge >= 0.3 is 0 Å². The first-order valence-corrected chi connectivity index (χ1v) is 7.17. The zero-order valence-electron chi connectivity index (χ0n) is 13.6. The average molecular weight is 266 g/mol. The Hall–Kier alpha value is -0.800. The third-order valence-electron chi connectivity index (χ3n) is 2.94. The lowest BCUT2D eigenvalue weighted by Gasteiger charge is -2.26. The van der Waals surface area contributed by atoms with Gasteiger partial charge in [0, 0.05) is 24.7 Å². The van der Waals surface area contributed by atoms with Crippen LogP contribution in [0.15, 0.2) is 10.5 Å². The zero-order valence-corrected chi connectivity index (χ0v) is 13.6. The summed E-state index contributed by atoms with van der Waals surface area (Å²) in [6.45, 7) is 16.0. The van der Waals surface area contributed by atoms with E-state index in [0.29, 0.717) is 11.5 Å². The molecule has 0 radical (unpaired) electrons. The Morgan fingerprint density at radius 3 is 2.47 bits per heavy atom. The predicted octanol–water partition coefficient (Wildman–Crippen LogP) is 3.56. The molecule has 1 N–H and O–H groups in total. The lowest BCUT2D eigenvalue weighted by atomic mass is 9.96. The largest absolute Gasteiger partial charge is 0.465 e. The van der Waals surface area contributed by atoms with Crippen LogP contribution in [0.2, 0.25) is 0 Å². The molecule has 0 bridgehead atoms. The van der Waals surface area contributed by atoms with Crippen molar-refractivity contribution in [2.75, 3.05) is 13.6 Å². The minimum Gasteiger partial charge on any atom is -0.465 e. The van der Waals surface area contributed by atoms with Gasteiger partial charge in [0.2, 0.25) is 0 Å². The molecular formula is C16H30N2O. The summed E-state index contributed by atoms with van der Waals surface area (Å²) in [6.07, 6.45) is 0. The maximum absolute atomic E-state index is 5.81. The summed E-state index contributed by atoms with van der Waals surface area (Å²) < 4.78 is 5.81. The Morgan fingerprint density at radius 2 is 1.95 bits per heavy atom. The summed E-state index contributed by atoms with van der Waals surface area (Å²) >= 11 is 0. The molecule has 110 valence electrons. The highest BCUT2D eigenvalue weighted by Gasteiger charge is 2.16. The highest BCUT2D eigenvalue weighted by molar-refractivity contribution is 5.20. The summed E-state index contributed by atoms with van der Waals surface area (Å²) in [5.41, 5.74) is 1.63. The molecule has 0 aliphatic carbocycles. The molecule has 0 amide bonds. The molecule has 0 fully saturated rings. The van der Waals surface area contributed by atoms with Gasteiger partial charge in [-0.05, 0) is 25.5 Å². The number of aryl methyl sites for hydroxylation is 1. The molecule has 0 aliphatic heterocycles. The van der Waals surface area contributed by atoms with Crippen molar-refractivity contribution >= 4 is 0 Å². The fraction of sp³-hybridized carbons (Fsp3) is 0.750. The molecule has 1 heterocycles. The second-order valence-electron chi connectivity index (χ2n) is 7.06. The molecule has 0 saturated carbocycles. The van der Waals surface area contributed by atoms with E-state index in [-0.39, 0.29) is 0 Å². The zero-order chi connectivity index (χ0) is 14.6. The topological polar surface area (TPSA) is 28.4 Å². The lowest BCUT2D eigenvalue weighted by Crippen LogP contribution is -2.28. The Labute approximate surface area is 118 Å². The van der Waals surface area contributed by atoms with Crippen LogP contribution in [-0.2, 0) is 13.1 Å². The van der Waals surface area contributed by atoms with Gasteiger partial charge in [0.15, 0.2) is 0 Å². The predicted molar refractivity (Wildman–Crippen MR) is 81.2 cm³/mol. The van der Waals surface area contributed by atoms with Crippen molar-refractivity contribution in [3.8, 4) is 0 Å². The van der Waals surface area contributed by atoms with Gasteiger partial charge in [0.25, 0.3) is 0 Å². The van der Waals surface area contributed by atoms with Gasteiger partial charge in [0.05, 0.1) is 6.54 Å². The number of rotatable bonds is 6. The monoisotopic (exact) mass is 266 g/mol. The van der Waals surface area contributed by atoms with Crippen LogP contribution >= 0.6 is 0 Å². The maximum atomic E-state index is 5.81. The molecule has 0 spiro atoms. The van der Waals surface area contributed by atoms with Crippen LogP contribution in [0.5, 0.6) is 0 Å². The van der Waals surface area contributed by atoms with Crippen LogP contribution in [0.3, 0.4) is 0 Å². The molecule has 0 aliphatic rings. The van der Waals surface area contributed by atoms with Gasteiger partial charge in [0.1, 0.15) is 11.5 Å². The molecule has 1 aromatic rings. The van der Waals surface area contributed by atoms with Crippen LogP contribution in [0.25, 0.3) is 0 Å². The fourth-order valence-electron chi connectivity index (χ4n) is 2.29. The molecule has 0 saturated heterocycles. The quantitative estimate of drug-likeness (QED) is 0.853. The molecule has 3 heteroatoms. The van der Waals surface area contributed by atoms with Crippen molar-refractivity contribution in [3.63, 3.8) is 0 Å². The van der Waals surface area contributed by atoms with E-state index < -0.39 is 0 Å². The number of nitrogens with zero attached hydrogens (tertiary/aromatic N) is 1. The molecule has 3 nitrogen and oxygen atoms in total. The molecule has 0 unspecified atom stereocenters. The summed E-state index contributed by atoms with van der Waals surface area (Å²) in [7, 11) is 2.17. The normalized spacial score (nSPS) is 12.7. The molecular weight excluding hydrogens is 236 g/mol. The average Bonchev–Trinajstić information content (AvgIpc) is 2.54. The van der Waals surface area contributed by atoms with Gasteiger partial charge in [-0.3, -0.25) is 0 Å². The standard InChI is InChI=1S/C16H30N2O/c1-12(2)17-9-15-8-14(13(3)19-15)10-18(7)11-16(4,5)6/h8,12,17H,9-11H2,1-7H3. The van der Waals surface area contributed by atoms with Gasteiger partial charge in [-0.25, -0.2) is 0 Å². The van der Waals surface area contributed by atoms with E-state index in [1.54, 1.807) is 0 Å². The molecule has 1 rings (SSSR count). The summed E-state index contributed by atoms with van der Waals surface area (Å²) in [4.78, 5) is 2.36.